The molecule has 0 bridgehead atoms. The first-order chi connectivity index (χ1) is 13.2. The van der Waals surface area contributed by atoms with Crippen molar-refractivity contribution in [1.29, 1.82) is 0 Å². The molecule has 1 saturated heterocycles. The van der Waals surface area contributed by atoms with Gasteiger partial charge in [0.05, 0.1) is 7.11 Å². The number of ether oxygens (including phenoxy) is 1. The van der Waals surface area contributed by atoms with E-state index in [-0.39, 0.29) is 5.91 Å². The summed E-state index contributed by atoms with van der Waals surface area (Å²) in [6.07, 6.45) is 7.30. The number of carbonyl (C=O) groups excluding carboxylic acids is 1. The van der Waals surface area contributed by atoms with E-state index < -0.39 is 0 Å². The van der Waals surface area contributed by atoms with Gasteiger partial charge in [-0.05, 0) is 36.6 Å². The largest absolute Gasteiger partial charge is 0.497 e. The van der Waals surface area contributed by atoms with Crippen molar-refractivity contribution >= 4 is 23.6 Å². The highest BCUT2D eigenvalue weighted by atomic mass is 16.5. The van der Waals surface area contributed by atoms with Crippen LogP contribution in [-0.4, -0.2) is 49.2 Å². The Hall–Kier alpha value is -3.09. The molecule has 1 fully saturated rings. The Kier molecular flexibility index (Phi) is 6.62. The number of nitrogens with zero attached hydrogens (tertiary/aromatic N) is 3. The van der Waals surface area contributed by atoms with Crippen LogP contribution in [0.5, 0.6) is 5.75 Å². The number of benzene rings is 1. The van der Waals surface area contributed by atoms with Crippen molar-refractivity contribution in [2.24, 2.45) is 0 Å². The highest BCUT2D eigenvalue weighted by Crippen LogP contribution is 2.19. The molecule has 142 valence electrons. The molecule has 0 aliphatic carbocycles. The molecular weight excluding hydrogens is 342 g/mol. The van der Waals surface area contributed by atoms with E-state index in [0.29, 0.717) is 13.1 Å². The molecule has 1 aromatic carbocycles. The van der Waals surface area contributed by atoms with Gasteiger partial charge in [0, 0.05) is 38.3 Å². The van der Waals surface area contributed by atoms with Gasteiger partial charge in [-0.2, -0.15) is 0 Å². The number of nitrogens with one attached hydrogen (secondary N) is 2. The molecule has 2 N–H and O–H groups in total. The monoisotopic (exact) mass is 367 g/mol. The third-order valence-electron chi connectivity index (χ3n) is 4.36. The number of hydrogen-bond acceptors (Lipinski definition) is 6. The first-order valence-corrected chi connectivity index (χ1v) is 9.15. The number of anilines is 2. The average molecular weight is 367 g/mol. The Balaban J connectivity index is 1.39. The van der Waals surface area contributed by atoms with Crippen LogP contribution in [0.3, 0.4) is 0 Å². The van der Waals surface area contributed by atoms with E-state index in [2.05, 4.69) is 25.5 Å². The van der Waals surface area contributed by atoms with Crippen LogP contribution in [-0.2, 0) is 4.79 Å². The molecule has 7 nitrogen and oxygen atoms in total. The summed E-state index contributed by atoms with van der Waals surface area (Å²) in [5, 5.41) is 6.07. The molecule has 0 radical (unpaired) electrons. The molecule has 7 heteroatoms. The van der Waals surface area contributed by atoms with Crippen LogP contribution in [0.15, 0.2) is 42.7 Å². The van der Waals surface area contributed by atoms with E-state index in [0.717, 1.165) is 36.0 Å². The number of hydrogen-bond donors (Lipinski definition) is 2. The number of rotatable bonds is 8. The summed E-state index contributed by atoms with van der Waals surface area (Å²) in [5.74, 6) is 2.39. The van der Waals surface area contributed by atoms with Crippen molar-refractivity contribution in [2.75, 3.05) is 43.5 Å². The highest BCUT2D eigenvalue weighted by Gasteiger charge is 2.13. The Labute approximate surface area is 159 Å². The van der Waals surface area contributed by atoms with Gasteiger partial charge in [0.2, 0.25) is 5.91 Å². The predicted molar refractivity (Wildman–Crippen MR) is 107 cm³/mol. The summed E-state index contributed by atoms with van der Waals surface area (Å²) in [5.41, 5.74) is 0.944. The van der Waals surface area contributed by atoms with Gasteiger partial charge in [-0.3, -0.25) is 4.79 Å². The fraction of sp³-hybridized carbons (Fsp3) is 0.350. The first-order valence-electron chi connectivity index (χ1n) is 9.15. The van der Waals surface area contributed by atoms with E-state index in [1.54, 1.807) is 19.5 Å². The van der Waals surface area contributed by atoms with Crippen molar-refractivity contribution in [1.82, 2.24) is 15.3 Å². The minimum Gasteiger partial charge on any atom is -0.497 e. The Morgan fingerprint density at radius 1 is 1.19 bits per heavy atom. The van der Waals surface area contributed by atoms with Crippen molar-refractivity contribution < 1.29 is 9.53 Å². The standard InChI is InChI=1S/C20H25N5O2/c1-27-17-7-4-16(5-8-17)6-9-20(26)22-11-10-21-18-14-19(24-15-23-18)25-12-2-3-13-25/h4-9,14-15H,2-3,10-13H2,1H3,(H,22,26)(H,21,23,24)/b9-6+. The van der Waals surface area contributed by atoms with Crippen LogP contribution >= 0.6 is 0 Å². The van der Waals surface area contributed by atoms with Gasteiger partial charge >= 0.3 is 0 Å². The lowest BCUT2D eigenvalue weighted by atomic mass is 10.2. The molecule has 0 unspecified atom stereocenters. The zero-order chi connectivity index (χ0) is 18.9. The normalized spacial score (nSPS) is 13.7. The maximum absolute atomic E-state index is 11.9. The summed E-state index contributed by atoms with van der Waals surface area (Å²) >= 11 is 0. The molecule has 1 aliphatic rings. The summed E-state index contributed by atoms with van der Waals surface area (Å²) in [6.45, 7) is 3.20. The van der Waals surface area contributed by atoms with Crippen LogP contribution in [0.2, 0.25) is 0 Å². The lowest BCUT2D eigenvalue weighted by Crippen LogP contribution is -2.27. The quantitative estimate of drug-likeness (QED) is 0.551. The molecule has 1 aliphatic heterocycles. The van der Waals surface area contributed by atoms with Crippen LogP contribution in [0.4, 0.5) is 11.6 Å². The summed E-state index contributed by atoms with van der Waals surface area (Å²) in [7, 11) is 1.63. The fourth-order valence-electron chi connectivity index (χ4n) is 2.89. The van der Waals surface area contributed by atoms with E-state index in [9.17, 15) is 4.79 Å². The topological polar surface area (TPSA) is 79.4 Å². The third-order valence-corrected chi connectivity index (χ3v) is 4.36. The Morgan fingerprint density at radius 3 is 2.70 bits per heavy atom. The van der Waals surface area contributed by atoms with Gasteiger partial charge < -0.3 is 20.3 Å². The number of aromatic nitrogens is 2. The second-order valence-electron chi connectivity index (χ2n) is 6.28. The molecular formula is C20H25N5O2. The summed E-state index contributed by atoms with van der Waals surface area (Å²) < 4.78 is 5.11. The van der Waals surface area contributed by atoms with E-state index in [1.807, 2.05) is 30.3 Å². The summed E-state index contributed by atoms with van der Waals surface area (Å²) in [6, 6.07) is 9.48. The summed E-state index contributed by atoms with van der Waals surface area (Å²) in [4.78, 5) is 22.7. The van der Waals surface area contributed by atoms with Gasteiger partial charge in [0.25, 0.3) is 0 Å². The highest BCUT2D eigenvalue weighted by molar-refractivity contribution is 5.91. The lowest BCUT2D eigenvalue weighted by Gasteiger charge is -2.16. The van der Waals surface area contributed by atoms with Crippen molar-refractivity contribution in [3.8, 4) is 5.75 Å². The lowest BCUT2D eigenvalue weighted by molar-refractivity contribution is -0.116. The first kappa shape index (κ1) is 18.7. The minimum atomic E-state index is -0.131. The minimum absolute atomic E-state index is 0.131. The molecule has 0 saturated carbocycles. The van der Waals surface area contributed by atoms with Crippen LogP contribution in [0.25, 0.3) is 6.08 Å². The predicted octanol–water partition coefficient (Wildman–Crippen LogP) is 2.33. The van der Waals surface area contributed by atoms with Gasteiger partial charge in [-0.25, -0.2) is 9.97 Å². The van der Waals surface area contributed by atoms with Gasteiger partial charge in [0.15, 0.2) is 0 Å². The van der Waals surface area contributed by atoms with Gasteiger partial charge in [-0.1, -0.05) is 12.1 Å². The number of methoxy groups -OCH3 is 1. The van der Waals surface area contributed by atoms with E-state index >= 15 is 0 Å². The van der Waals surface area contributed by atoms with Crippen molar-refractivity contribution in [3.63, 3.8) is 0 Å². The maximum Gasteiger partial charge on any atom is 0.244 e. The number of carbonyl (C=O) groups is 1. The van der Waals surface area contributed by atoms with Crippen LogP contribution < -0.4 is 20.3 Å². The number of amides is 1. The zero-order valence-electron chi connectivity index (χ0n) is 15.5. The molecule has 1 amide bonds. The third kappa shape index (κ3) is 5.70. The van der Waals surface area contributed by atoms with E-state index in [4.69, 9.17) is 4.74 Å². The molecule has 27 heavy (non-hydrogen) atoms. The molecule has 0 atom stereocenters. The second-order valence-corrected chi connectivity index (χ2v) is 6.28. The van der Waals surface area contributed by atoms with E-state index in [1.165, 1.54) is 18.9 Å². The maximum atomic E-state index is 11.9. The second kappa shape index (κ2) is 9.56. The SMILES string of the molecule is COc1ccc(/C=C/C(=O)NCCNc2cc(N3CCCC3)ncn2)cc1. The molecule has 0 spiro atoms. The molecule has 3 rings (SSSR count). The zero-order valence-corrected chi connectivity index (χ0v) is 15.5. The Bertz CT molecular complexity index is 770. The van der Waals surface area contributed by atoms with Gasteiger partial charge in [-0.15, -0.1) is 0 Å². The van der Waals surface area contributed by atoms with Crippen LogP contribution in [0, 0.1) is 0 Å². The molecule has 2 aromatic rings. The average Bonchev–Trinajstić information content (AvgIpc) is 3.25. The fourth-order valence-corrected chi connectivity index (χ4v) is 2.89. The Morgan fingerprint density at radius 2 is 1.96 bits per heavy atom. The smallest absolute Gasteiger partial charge is 0.244 e. The van der Waals surface area contributed by atoms with Gasteiger partial charge in [0.1, 0.15) is 23.7 Å². The van der Waals surface area contributed by atoms with Crippen molar-refractivity contribution in [2.45, 2.75) is 12.8 Å². The molecule has 2 heterocycles. The molecule has 1 aromatic heterocycles. The van der Waals surface area contributed by atoms with Crippen LogP contribution in [0.1, 0.15) is 18.4 Å². The van der Waals surface area contributed by atoms with Crippen molar-refractivity contribution in [3.05, 3.63) is 48.3 Å².